The fraction of sp³-hybridized carbons (Fsp3) is 0.583. The molecule has 5 heteroatoms. The molecule has 1 aliphatic heterocycles. The lowest BCUT2D eigenvalue weighted by molar-refractivity contribution is 0.173. The van der Waals surface area contributed by atoms with E-state index < -0.39 is 0 Å². The summed E-state index contributed by atoms with van der Waals surface area (Å²) in [5.41, 5.74) is 0. The summed E-state index contributed by atoms with van der Waals surface area (Å²) in [5, 5.41) is 8.88. The molecule has 0 saturated carbocycles. The van der Waals surface area contributed by atoms with Gasteiger partial charge < -0.3 is 19.5 Å². The number of imidazole rings is 1. The SMILES string of the molecule is CC(O)Cn1ccnc1.CCN1C=CN(C)C1. The van der Waals surface area contributed by atoms with Crippen molar-refractivity contribution >= 4 is 0 Å². The van der Waals surface area contributed by atoms with Crippen molar-refractivity contribution in [3.63, 3.8) is 0 Å². The van der Waals surface area contributed by atoms with Crippen LogP contribution in [0.4, 0.5) is 0 Å². The molecule has 5 nitrogen and oxygen atoms in total. The van der Waals surface area contributed by atoms with Crippen LogP contribution in [0.15, 0.2) is 31.1 Å². The number of aliphatic hydroxyl groups excluding tert-OH is 1. The molecule has 0 aromatic carbocycles. The van der Waals surface area contributed by atoms with Crippen LogP contribution in [-0.2, 0) is 6.54 Å². The second kappa shape index (κ2) is 6.96. The maximum absolute atomic E-state index is 8.88. The zero-order valence-electron chi connectivity index (χ0n) is 10.8. The topological polar surface area (TPSA) is 44.5 Å². The third-order valence-electron chi connectivity index (χ3n) is 2.38. The first-order valence-electron chi connectivity index (χ1n) is 5.88. The van der Waals surface area contributed by atoms with Gasteiger partial charge in [-0.15, -0.1) is 0 Å². The maximum atomic E-state index is 8.88. The number of aliphatic hydroxyl groups is 1. The summed E-state index contributed by atoms with van der Waals surface area (Å²) >= 11 is 0. The highest BCUT2D eigenvalue weighted by Crippen LogP contribution is 2.00. The van der Waals surface area contributed by atoms with Crippen LogP contribution in [0.25, 0.3) is 0 Å². The molecule has 96 valence electrons. The number of aromatic nitrogens is 2. The molecule has 1 atom stereocenters. The smallest absolute Gasteiger partial charge is 0.0946 e. The Morgan fingerprint density at radius 3 is 2.53 bits per heavy atom. The molecule has 0 saturated heterocycles. The Labute approximate surface area is 103 Å². The summed E-state index contributed by atoms with van der Waals surface area (Å²) in [4.78, 5) is 8.23. The molecule has 0 bridgehead atoms. The van der Waals surface area contributed by atoms with Gasteiger partial charge in [0.15, 0.2) is 0 Å². The Bertz CT molecular complexity index is 321. The van der Waals surface area contributed by atoms with Crippen LogP contribution in [0.5, 0.6) is 0 Å². The van der Waals surface area contributed by atoms with Gasteiger partial charge in [-0.1, -0.05) is 0 Å². The molecule has 0 fully saturated rings. The predicted octanol–water partition coefficient (Wildman–Crippen LogP) is 0.946. The van der Waals surface area contributed by atoms with Gasteiger partial charge in [0.1, 0.15) is 0 Å². The van der Waals surface area contributed by atoms with E-state index in [0.717, 1.165) is 13.2 Å². The van der Waals surface area contributed by atoms with Gasteiger partial charge in [0.2, 0.25) is 0 Å². The number of hydrogen-bond acceptors (Lipinski definition) is 4. The number of rotatable bonds is 3. The highest BCUT2D eigenvalue weighted by atomic mass is 16.3. The van der Waals surface area contributed by atoms with Gasteiger partial charge in [-0.3, -0.25) is 0 Å². The largest absolute Gasteiger partial charge is 0.392 e. The van der Waals surface area contributed by atoms with Crippen molar-refractivity contribution in [1.82, 2.24) is 19.4 Å². The van der Waals surface area contributed by atoms with E-state index in [1.165, 1.54) is 0 Å². The Kier molecular flexibility index (Phi) is 5.56. The average molecular weight is 238 g/mol. The third kappa shape index (κ3) is 5.40. The molecule has 1 unspecified atom stereocenters. The van der Waals surface area contributed by atoms with Crippen LogP contribution in [0, 0.1) is 0 Å². The lowest BCUT2D eigenvalue weighted by Gasteiger charge is -2.14. The Hall–Kier alpha value is -1.49. The zero-order chi connectivity index (χ0) is 12.7. The van der Waals surface area contributed by atoms with Crippen LogP contribution in [0.2, 0.25) is 0 Å². The van der Waals surface area contributed by atoms with Crippen molar-refractivity contribution in [2.75, 3.05) is 20.3 Å². The van der Waals surface area contributed by atoms with E-state index in [9.17, 15) is 0 Å². The van der Waals surface area contributed by atoms with E-state index in [-0.39, 0.29) is 6.10 Å². The van der Waals surface area contributed by atoms with Gasteiger partial charge in [-0.25, -0.2) is 4.98 Å². The normalized spacial score (nSPS) is 15.8. The molecule has 0 spiro atoms. The van der Waals surface area contributed by atoms with Crippen LogP contribution in [0.1, 0.15) is 13.8 Å². The van der Waals surface area contributed by atoms with Crippen LogP contribution < -0.4 is 0 Å². The summed E-state index contributed by atoms with van der Waals surface area (Å²) in [6.45, 7) is 6.70. The first-order chi connectivity index (χ1) is 8.11. The minimum Gasteiger partial charge on any atom is -0.392 e. The fourth-order valence-electron chi connectivity index (χ4n) is 1.49. The molecule has 2 heterocycles. The molecule has 1 aliphatic rings. The Balaban J connectivity index is 0.000000171. The van der Waals surface area contributed by atoms with Gasteiger partial charge >= 0.3 is 0 Å². The molecular weight excluding hydrogens is 216 g/mol. The molecule has 0 radical (unpaired) electrons. The predicted molar refractivity (Wildman–Crippen MR) is 68.1 cm³/mol. The van der Waals surface area contributed by atoms with Gasteiger partial charge in [-0.2, -0.15) is 0 Å². The second-order valence-electron chi connectivity index (χ2n) is 4.21. The lowest BCUT2D eigenvalue weighted by Crippen LogP contribution is -2.21. The second-order valence-corrected chi connectivity index (χ2v) is 4.21. The van der Waals surface area contributed by atoms with Gasteiger partial charge in [0.25, 0.3) is 0 Å². The molecule has 0 amide bonds. The van der Waals surface area contributed by atoms with Crippen molar-refractivity contribution in [2.24, 2.45) is 0 Å². The van der Waals surface area contributed by atoms with Crippen molar-refractivity contribution in [3.05, 3.63) is 31.1 Å². The third-order valence-corrected chi connectivity index (χ3v) is 2.38. The van der Waals surface area contributed by atoms with E-state index >= 15 is 0 Å². The van der Waals surface area contributed by atoms with Gasteiger partial charge in [-0.05, 0) is 13.8 Å². The average Bonchev–Trinajstić information content (AvgIpc) is 2.89. The van der Waals surface area contributed by atoms with Crippen LogP contribution in [-0.4, -0.2) is 50.8 Å². The van der Waals surface area contributed by atoms with E-state index in [1.54, 1.807) is 19.4 Å². The zero-order valence-corrected chi connectivity index (χ0v) is 10.8. The van der Waals surface area contributed by atoms with Crippen LogP contribution in [0.3, 0.4) is 0 Å². The van der Waals surface area contributed by atoms with E-state index in [0.29, 0.717) is 6.54 Å². The maximum Gasteiger partial charge on any atom is 0.0946 e. The van der Waals surface area contributed by atoms with E-state index in [1.807, 2.05) is 10.8 Å². The Morgan fingerprint density at radius 1 is 1.41 bits per heavy atom. The first-order valence-corrected chi connectivity index (χ1v) is 5.88. The summed E-state index contributed by atoms with van der Waals surface area (Å²) in [6.07, 6.45) is 9.12. The quantitative estimate of drug-likeness (QED) is 0.851. The Morgan fingerprint density at radius 2 is 2.18 bits per heavy atom. The van der Waals surface area contributed by atoms with E-state index in [4.69, 9.17) is 5.11 Å². The highest BCUT2D eigenvalue weighted by molar-refractivity contribution is 4.87. The molecule has 1 aromatic heterocycles. The van der Waals surface area contributed by atoms with E-state index in [2.05, 4.69) is 41.2 Å². The number of hydrogen-bond donors (Lipinski definition) is 1. The summed E-state index contributed by atoms with van der Waals surface area (Å²) in [7, 11) is 2.08. The fourth-order valence-corrected chi connectivity index (χ4v) is 1.49. The summed E-state index contributed by atoms with van der Waals surface area (Å²) in [6, 6.07) is 0. The molecular formula is C12H22N4O. The van der Waals surface area contributed by atoms with Gasteiger partial charge in [0.05, 0.1) is 19.1 Å². The standard InChI is InChI=1S/C6H10N2O.C6H12N2/c1-6(9)4-8-3-2-7-5-8;1-3-8-5-4-7(2)6-8/h2-3,5-6,9H,4H2,1H3;4-5H,3,6H2,1-2H3. The highest BCUT2D eigenvalue weighted by Gasteiger charge is 2.03. The van der Waals surface area contributed by atoms with Crippen LogP contribution >= 0.6 is 0 Å². The monoisotopic (exact) mass is 238 g/mol. The summed E-state index contributed by atoms with van der Waals surface area (Å²) < 4.78 is 1.84. The minimum atomic E-state index is -0.292. The molecule has 1 aromatic rings. The van der Waals surface area contributed by atoms with Crippen molar-refractivity contribution < 1.29 is 5.11 Å². The van der Waals surface area contributed by atoms with Crippen molar-refractivity contribution in [2.45, 2.75) is 26.5 Å². The van der Waals surface area contributed by atoms with Crippen molar-refractivity contribution in [1.29, 1.82) is 0 Å². The number of nitrogens with zero attached hydrogens (tertiary/aromatic N) is 4. The summed E-state index contributed by atoms with van der Waals surface area (Å²) in [5.74, 6) is 0. The molecule has 1 N–H and O–H groups in total. The molecule has 17 heavy (non-hydrogen) atoms. The molecule has 2 rings (SSSR count). The van der Waals surface area contributed by atoms with Gasteiger partial charge in [0, 0.05) is 44.9 Å². The lowest BCUT2D eigenvalue weighted by atomic mass is 10.4. The van der Waals surface area contributed by atoms with Crippen molar-refractivity contribution in [3.8, 4) is 0 Å². The first kappa shape index (κ1) is 13.6. The minimum absolute atomic E-state index is 0.292. The molecule has 0 aliphatic carbocycles.